The second-order valence-electron chi connectivity index (χ2n) is 5.63. The highest BCUT2D eigenvalue weighted by Gasteiger charge is 2.18. The van der Waals surface area contributed by atoms with Crippen molar-refractivity contribution in [2.24, 2.45) is 0 Å². The van der Waals surface area contributed by atoms with Gasteiger partial charge in [-0.2, -0.15) is 15.0 Å². The number of thiazole rings is 1. The third kappa shape index (κ3) is 2.72. The summed E-state index contributed by atoms with van der Waals surface area (Å²) in [6, 6.07) is 12.8. The van der Waals surface area contributed by atoms with E-state index in [0.29, 0.717) is 22.6 Å². The summed E-state index contributed by atoms with van der Waals surface area (Å²) < 4.78 is 1.41. The highest BCUT2D eigenvalue weighted by molar-refractivity contribution is 7.13. The van der Waals surface area contributed by atoms with Gasteiger partial charge in [-0.3, -0.25) is 0 Å². The standard InChI is InChI=1S/C19H13N5OS/c1-12-17(14-4-2-13(10-20)3-5-14)19(25)24(23-12)16-7-6-15(11-22-16)18-21-8-9-26-18/h2-9,11,25H,1H3. The maximum atomic E-state index is 10.7. The van der Waals surface area contributed by atoms with Crippen molar-refractivity contribution < 1.29 is 5.11 Å². The first-order chi connectivity index (χ1) is 12.7. The Labute approximate surface area is 153 Å². The molecule has 6 nitrogen and oxygen atoms in total. The third-order valence-corrected chi connectivity index (χ3v) is 4.81. The fourth-order valence-electron chi connectivity index (χ4n) is 2.73. The molecule has 0 radical (unpaired) electrons. The van der Waals surface area contributed by atoms with Crippen LogP contribution in [0.1, 0.15) is 11.3 Å². The Morgan fingerprint density at radius 2 is 1.85 bits per heavy atom. The minimum Gasteiger partial charge on any atom is -0.493 e. The molecule has 0 bridgehead atoms. The average molecular weight is 359 g/mol. The summed E-state index contributed by atoms with van der Waals surface area (Å²) in [5.74, 6) is 0.535. The number of aromatic nitrogens is 4. The summed E-state index contributed by atoms with van der Waals surface area (Å²) in [4.78, 5) is 8.67. The van der Waals surface area contributed by atoms with Crippen molar-refractivity contribution in [3.63, 3.8) is 0 Å². The van der Waals surface area contributed by atoms with Crippen molar-refractivity contribution in [1.29, 1.82) is 5.26 Å². The number of hydrogen-bond acceptors (Lipinski definition) is 6. The van der Waals surface area contributed by atoms with E-state index in [-0.39, 0.29) is 5.88 Å². The molecule has 0 aliphatic heterocycles. The fraction of sp³-hybridized carbons (Fsp3) is 0.0526. The molecule has 4 rings (SSSR count). The molecule has 7 heteroatoms. The van der Waals surface area contributed by atoms with E-state index in [9.17, 15) is 5.11 Å². The Hall–Kier alpha value is -3.50. The van der Waals surface area contributed by atoms with E-state index in [1.165, 1.54) is 4.68 Å². The van der Waals surface area contributed by atoms with Crippen LogP contribution < -0.4 is 0 Å². The van der Waals surface area contributed by atoms with Gasteiger partial charge in [-0.15, -0.1) is 11.3 Å². The molecule has 0 atom stereocenters. The SMILES string of the molecule is Cc1nn(-c2ccc(-c3nccs3)cn2)c(O)c1-c1ccc(C#N)cc1. The molecule has 0 fully saturated rings. The van der Waals surface area contributed by atoms with Crippen LogP contribution in [-0.4, -0.2) is 24.9 Å². The van der Waals surface area contributed by atoms with Gasteiger partial charge in [0, 0.05) is 23.3 Å². The Morgan fingerprint density at radius 1 is 1.08 bits per heavy atom. The van der Waals surface area contributed by atoms with Crippen molar-refractivity contribution in [2.45, 2.75) is 6.92 Å². The van der Waals surface area contributed by atoms with Gasteiger partial charge in [0.2, 0.25) is 5.88 Å². The number of rotatable bonds is 3. The van der Waals surface area contributed by atoms with E-state index in [2.05, 4.69) is 21.1 Å². The normalized spacial score (nSPS) is 10.6. The summed E-state index contributed by atoms with van der Waals surface area (Å²) in [6.45, 7) is 1.83. The molecule has 0 saturated heterocycles. The molecule has 3 aromatic heterocycles. The van der Waals surface area contributed by atoms with Crippen LogP contribution in [0, 0.1) is 18.3 Å². The first-order valence-electron chi connectivity index (χ1n) is 7.83. The van der Waals surface area contributed by atoms with Gasteiger partial charge in [0.15, 0.2) is 5.82 Å². The second kappa shape index (κ2) is 6.43. The molecule has 1 N–H and O–H groups in total. The van der Waals surface area contributed by atoms with Gasteiger partial charge in [0.25, 0.3) is 0 Å². The van der Waals surface area contributed by atoms with E-state index >= 15 is 0 Å². The largest absolute Gasteiger partial charge is 0.493 e. The van der Waals surface area contributed by atoms with Gasteiger partial charge in [-0.25, -0.2) is 9.97 Å². The number of hydrogen-bond donors (Lipinski definition) is 1. The molecular formula is C19H13N5OS. The van der Waals surface area contributed by atoms with Crippen LogP contribution in [0.15, 0.2) is 54.2 Å². The highest BCUT2D eigenvalue weighted by Crippen LogP contribution is 2.34. The van der Waals surface area contributed by atoms with Crippen molar-refractivity contribution in [3.05, 3.63) is 65.4 Å². The molecule has 26 heavy (non-hydrogen) atoms. The van der Waals surface area contributed by atoms with Crippen LogP contribution in [-0.2, 0) is 0 Å². The molecule has 1 aromatic carbocycles. The summed E-state index contributed by atoms with van der Waals surface area (Å²) in [5.41, 5.74) is 3.58. The number of pyridine rings is 1. The number of nitrogens with zero attached hydrogens (tertiary/aromatic N) is 5. The second-order valence-corrected chi connectivity index (χ2v) is 6.52. The minimum atomic E-state index is 0.0155. The first-order valence-corrected chi connectivity index (χ1v) is 8.71. The highest BCUT2D eigenvalue weighted by atomic mass is 32.1. The molecule has 4 aromatic rings. The maximum Gasteiger partial charge on any atom is 0.223 e. The summed E-state index contributed by atoms with van der Waals surface area (Å²) in [5, 5.41) is 26.8. The van der Waals surface area contributed by atoms with Crippen LogP contribution in [0.3, 0.4) is 0 Å². The maximum absolute atomic E-state index is 10.7. The van der Waals surface area contributed by atoms with E-state index in [1.54, 1.807) is 54.1 Å². The van der Waals surface area contributed by atoms with E-state index in [1.807, 2.05) is 18.4 Å². The zero-order valence-corrected chi connectivity index (χ0v) is 14.6. The molecule has 0 aliphatic carbocycles. The van der Waals surface area contributed by atoms with Gasteiger partial charge in [-0.05, 0) is 36.8 Å². The van der Waals surface area contributed by atoms with Crippen LogP contribution >= 0.6 is 11.3 Å². The van der Waals surface area contributed by atoms with Crippen molar-refractivity contribution in [2.75, 3.05) is 0 Å². The number of nitriles is 1. The van der Waals surface area contributed by atoms with Gasteiger partial charge < -0.3 is 5.11 Å². The molecule has 126 valence electrons. The Balaban J connectivity index is 1.73. The molecule has 0 amide bonds. The lowest BCUT2D eigenvalue weighted by molar-refractivity contribution is 0.433. The van der Waals surface area contributed by atoms with Crippen LogP contribution in [0.4, 0.5) is 0 Å². The van der Waals surface area contributed by atoms with Crippen molar-refractivity contribution >= 4 is 11.3 Å². The molecular weight excluding hydrogens is 346 g/mol. The quantitative estimate of drug-likeness (QED) is 0.598. The van der Waals surface area contributed by atoms with E-state index < -0.39 is 0 Å². The molecule has 0 unspecified atom stereocenters. The summed E-state index contributed by atoms with van der Waals surface area (Å²) >= 11 is 1.54. The smallest absolute Gasteiger partial charge is 0.223 e. The van der Waals surface area contributed by atoms with Crippen LogP contribution in [0.25, 0.3) is 27.5 Å². The van der Waals surface area contributed by atoms with Crippen LogP contribution in [0.2, 0.25) is 0 Å². The number of aromatic hydroxyl groups is 1. The van der Waals surface area contributed by atoms with Gasteiger partial charge in [0.05, 0.1) is 22.9 Å². The predicted molar refractivity (Wildman–Crippen MR) is 99.0 cm³/mol. The fourth-order valence-corrected chi connectivity index (χ4v) is 3.36. The summed E-state index contributed by atoms with van der Waals surface area (Å²) in [6.07, 6.45) is 3.46. The summed E-state index contributed by atoms with van der Waals surface area (Å²) in [7, 11) is 0. The number of benzene rings is 1. The van der Waals surface area contributed by atoms with Gasteiger partial charge in [0.1, 0.15) is 5.01 Å². The van der Waals surface area contributed by atoms with E-state index in [0.717, 1.165) is 16.1 Å². The lowest BCUT2D eigenvalue weighted by Crippen LogP contribution is -1.99. The van der Waals surface area contributed by atoms with Crippen LogP contribution in [0.5, 0.6) is 5.88 Å². The molecule has 3 heterocycles. The molecule has 0 saturated carbocycles. The lowest BCUT2D eigenvalue weighted by atomic mass is 10.0. The molecule has 0 aliphatic rings. The van der Waals surface area contributed by atoms with Gasteiger partial charge >= 0.3 is 0 Å². The molecule has 0 spiro atoms. The Bertz CT molecular complexity index is 1090. The Kier molecular flexibility index (Phi) is 3.95. The lowest BCUT2D eigenvalue weighted by Gasteiger charge is -2.04. The predicted octanol–water partition coefficient (Wildman–Crippen LogP) is 3.94. The third-order valence-electron chi connectivity index (χ3n) is 3.98. The zero-order chi connectivity index (χ0) is 18.1. The Morgan fingerprint density at radius 3 is 2.46 bits per heavy atom. The monoisotopic (exact) mass is 359 g/mol. The average Bonchev–Trinajstić information content (AvgIpc) is 3.31. The minimum absolute atomic E-state index is 0.0155. The van der Waals surface area contributed by atoms with Gasteiger partial charge in [-0.1, -0.05) is 12.1 Å². The first kappa shape index (κ1) is 16.0. The topological polar surface area (TPSA) is 87.6 Å². The van der Waals surface area contributed by atoms with Crippen molar-refractivity contribution in [1.82, 2.24) is 19.7 Å². The zero-order valence-electron chi connectivity index (χ0n) is 13.8. The number of aryl methyl sites for hydroxylation is 1. The van der Waals surface area contributed by atoms with Crippen molar-refractivity contribution in [3.8, 4) is 39.5 Å². The van der Waals surface area contributed by atoms with E-state index in [4.69, 9.17) is 5.26 Å².